The number of rotatable bonds is 6. The first-order valence-corrected chi connectivity index (χ1v) is 5.17. The Hall–Kier alpha value is -1.89. The van der Waals surface area contributed by atoms with Crippen molar-refractivity contribution in [3.05, 3.63) is 28.6 Å². The molecular formula is C10H16N4O3. The van der Waals surface area contributed by atoms with E-state index < -0.39 is 4.92 Å². The van der Waals surface area contributed by atoms with Gasteiger partial charge in [0.05, 0.1) is 6.61 Å². The number of hydrogen-bond acceptors (Lipinski definition) is 5. The second-order valence-electron chi connectivity index (χ2n) is 3.58. The summed E-state index contributed by atoms with van der Waals surface area (Å²) in [6, 6.07) is 0. The summed E-state index contributed by atoms with van der Waals surface area (Å²) < 4.78 is 1.64. The summed E-state index contributed by atoms with van der Waals surface area (Å²) in [7, 11) is 1.71. The molecule has 17 heavy (non-hydrogen) atoms. The van der Waals surface area contributed by atoms with Gasteiger partial charge in [0.2, 0.25) is 11.6 Å². The Balaban J connectivity index is 3.24. The van der Waals surface area contributed by atoms with Crippen molar-refractivity contribution in [2.75, 3.05) is 24.6 Å². The largest absolute Gasteiger partial charge is 0.406 e. The standard InChI is InChI=1S/C10H16N4O3/c1-4-5-13(6-7-15)10-9(14(16)17)11-8(2)12(10)3/h4,15H,1,5-7H2,2-3H3. The van der Waals surface area contributed by atoms with Gasteiger partial charge in [0.1, 0.15) is 0 Å². The molecule has 1 aromatic heterocycles. The Labute approximate surface area is 99.1 Å². The highest BCUT2D eigenvalue weighted by Crippen LogP contribution is 2.27. The lowest BCUT2D eigenvalue weighted by Gasteiger charge is -2.21. The number of hydrogen-bond donors (Lipinski definition) is 1. The normalized spacial score (nSPS) is 10.3. The van der Waals surface area contributed by atoms with Gasteiger partial charge in [-0.1, -0.05) is 6.08 Å². The fraction of sp³-hybridized carbons (Fsp3) is 0.500. The van der Waals surface area contributed by atoms with Gasteiger partial charge in [-0.2, -0.15) is 0 Å². The number of aliphatic hydroxyl groups is 1. The van der Waals surface area contributed by atoms with Crippen molar-refractivity contribution < 1.29 is 10.0 Å². The lowest BCUT2D eigenvalue weighted by molar-refractivity contribution is -0.388. The zero-order chi connectivity index (χ0) is 13.0. The zero-order valence-electron chi connectivity index (χ0n) is 9.96. The van der Waals surface area contributed by atoms with E-state index in [0.29, 0.717) is 24.7 Å². The summed E-state index contributed by atoms with van der Waals surface area (Å²) in [6.45, 7) is 5.92. The van der Waals surface area contributed by atoms with Crippen molar-refractivity contribution in [1.29, 1.82) is 0 Å². The predicted octanol–water partition coefficient (Wildman–Crippen LogP) is 0.621. The maximum Gasteiger partial charge on any atom is 0.406 e. The monoisotopic (exact) mass is 240 g/mol. The Kier molecular flexibility index (Phi) is 4.22. The van der Waals surface area contributed by atoms with E-state index in [2.05, 4.69) is 11.6 Å². The van der Waals surface area contributed by atoms with Crippen LogP contribution in [0, 0.1) is 17.0 Å². The van der Waals surface area contributed by atoms with Crippen molar-refractivity contribution in [1.82, 2.24) is 9.55 Å². The first kappa shape index (κ1) is 13.2. The molecule has 0 atom stereocenters. The molecule has 0 aliphatic rings. The highest BCUT2D eigenvalue weighted by molar-refractivity contribution is 5.56. The van der Waals surface area contributed by atoms with E-state index in [-0.39, 0.29) is 12.4 Å². The summed E-state index contributed by atoms with van der Waals surface area (Å²) in [4.78, 5) is 16.0. The molecule has 0 unspecified atom stereocenters. The van der Waals surface area contributed by atoms with Crippen molar-refractivity contribution in [2.45, 2.75) is 6.92 Å². The van der Waals surface area contributed by atoms with Gasteiger partial charge in [-0.05, 0) is 9.91 Å². The van der Waals surface area contributed by atoms with E-state index in [9.17, 15) is 10.1 Å². The number of nitrogens with zero attached hydrogens (tertiary/aromatic N) is 4. The van der Waals surface area contributed by atoms with Crippen LogP contribution in [0.5, 0.6) is 0 Å². The molecule has 0 saturated carbocycles. The van der Waals surface area contributed by atoms with Crippen LogP contribution in [0.15, 0.2) is 12.7 Å². The van der Waals surface area contributed by atoms with E-state index in [1.807, 2.05) is 0 Å². The van der Waals surface area contributed by atoms with Crippen molar-refractivity contribution >= 4 is 11.6 Å². The van der Waals surface area contributed by atoms with Crippen molar-refractivity contribution in [3.8, 4) is 0 Å². The summed E-state index contributed by atoms with van der Waals surface area (Å²) >= 11 is 0. The van der Waals surface area contributed by atoms with Gasteiger partial charge in [-0.15, -0.1) is 6.58 Å². The Bertz CT molecular complexity index is 427. The molecule has 94 valence electrons. The van der Waals surface area contributed by atoms with Crippen LogP contribution in [0.4, 0.5) is 11.6 Å². The summed E-state index contributed by atoms with van der Waals surface area (Å²) in [6.07, 6.45) is 1.63. The minimum atomic E-state index is -0.518. The minimum absolute atomic E-state index is 0.0881. The Morgan fingerprint density at radius 1 is 1.71 bits per heavy atom. The Morgan fingerprint density at radius 2 is 2.35 bits per heavy atom. The number of imidazole rings is 1. The van der Waals surface area contributed by atoms with Gasteiger partial charge < -0.3 is 20.1 Å². The van der Waals surface area contributed by atoms with Gasteiger partial charge in [0, 0.05) is 27.1 Å². The number of aryl methyl sites for hydroxylation is 1. The molecule has 0 radical (unpaired) electrons. The fourth-order valence-corrected chi connectivity index (χ4v) is 1.62. The third kappa shape index (κ3) is 2.62. The van der Waals surface area contributed by atoms with Gasteiger partial charge in [0.15, 0.2) is 0 Å². The first-order valence-electron chi connectivity index (χ1n) is 5.17. The third-order valence-corrected chi connectivity index (χ3v) is 2.46. The number of aliphatic hydroxyl groups excluding tert-OH is 1. The highest BCUT2D eigenvalue weighted by Gasteiger charge is 2.27. The van der Waals surface area contributed by atoms with E-state index in [1.54, 1.807) is 29.5 Å². The van der Waals surface area contributed by atoms with Crippen molar-refractivity contribution in [3.63, 3.8) is 0 Å². The molecule has 0 aliphatic heterocycles. The molecule has 0 aromatic carbocycles. The molecule has 1 N–H and O–H groups in total. The molecule has 0 bridgehead atoms. The van der Waals surface area contributed by atoms with Gasteiger partial charge >= 0.3 is 5.82 Å². The zero-order valence-corrected chi connectivity index (χ0v) is 9.96. The molecule has 7 nitrogen and oxygen atoms in total. The fourth-order valence-electron chi connectivity index (χ4n) is 1.62. The SMILES string of the molecule is C=CCN(CCO)c1c([N+](=O)[O-])nc(C)n1C. The second kappa shape index (κ2) is 5.44. The van der Waals surface area contributed by atoms with Crippen LogP contribution in [-0.4, -0.2) is 39.3 Å². The van der Waals surface area contributed by atoms with Crippen LogP contribution >= 0.6 is 0 Å². The van der Waals surface area contributed by atoms with Crippen molar-refractivity contribution in [2.24, 2.45) is 7.05 Å². The summed E-state index contributed by atoms with van der Waals surface area (Å²) in [5, 5.41) is 19.9. The van der Waals surface area contributed by atoms with E-state index >= 15 is 0 Å². The molecule has 0 spiro atoms. The molecule has 0 saturated heterocycles. The van der Waals surface area contributed by atoms with Gasteiger partial charge in [-0.25, -0.2) is 0 Å². The molecule has 1 heterocycles. The van der Waals surface area contributed by atoms with Crippen LogP contribution in [0.2, 0.25) is 0 Å². The third-order valence-electron chi connectivity index (χ3n) is 2.46. The minimum Gasteiger partial charge on any atom is -0.395 e. The predicted molar refractivity (Wildman–Crippen MR) is 64.1 cm³/mol. The van der Waals surface area contributed by atoms with Crippen LogP contribution < -0.4 is 4.90 Å². The average molecular weight is 240 g/mol. The molecule has 1 aromatic rings. The molecule has 1 rings (SSSR count). The average Bonchev–Trinajstić information content (AvgIpc) is 2.56. The summed E-state index contributed by atoms with van der Waals surface area (Å²) in [5.41, 5.74) is 0. The molecule has 0 aliphatic carbocycles. The molecular weight excluding hydrogens is 224 g/mol. The number of aromatic nitrogens is 2. The number of nitro groups is 1. The molecule has 7 heteroatoms. The van der Waals surface area contributed by atoms with E-state index in [1.165, 1.54) is 0 Å². The molecule has 0 fully saturated rings. The second-order valence-corrected chi connectivity index (χ2v) is 3.58. The first-order chi connectivity index (χ1) is 8.02. The topological polar surface area (TPSA) is 84.4 Å². The van der Waals surface area contributed by atoms with Crippen LogP contribution in [0.1, 0.15) is 5.82 Å². The van der Waals surface area contributed by atoms with Gasteiger partial charge in [-0.3, -0.25) is 4.57 Å². The summed E-state index contributed by atoms with van der Waals surface area (Å²) in [5.74, 6) is 0.750. The molecule has 0 amide bonds. The van der Waals surface area contributed by atoms with Crippen LogP contribution in [-0.2, 0) is 7.05 Å². The Morgan fingerprint density at radius 3 is 2.82 bits per heavy atom. The van der Waals surface area contributed by atoms with E-state index in [4.69, 9.17) is 5.11 Å². The van der Waals surface area contributed by atoms with E-state index in [0.717, 1.165) is 0 Å². The maximum absolute atomic E-state index is 10.9. The lowest BCUT2D eigenvalue weighted by Crippen LogP contribution is -2.29. The van der Waals surface area contributed by atoms with Crippen LogP contribution in [0.25, 0.3) is 0 Å². The quantitative estimate of drug-likeness (QED) is 0.447. The maximum atomic E-state index is 10.9. The highest BCUT2D eigenvalue weighted by atomic mass is 16.6. The smallest absolute Gasteiger partial charge is 0.395 e. The van der Waals surface area contributed by atoms with Crippen LogP contribution in [0.3, 0.4) is 0 Å². The number of anilines is 1. The lowest BCUT2D eigenvalue weighted by atomic mass is 10.4. The van der Waals surface area contributed by atoms with Gasteiger partial charge in [0.25, 0.3) is 0 Å².